The second-order valence-electron chi connectivity index (χ2n) is 21.7. The summed E-state index contributed by atoms with van der Waals surface area (Å²) < 4.78 is 5.49. The Balaban J connectivity index is 3.38. The molecular formula is C66H123NO5. The number of aliphatic hydroxyl groups is 2. The number of carbonyl (C=O) groups is 2. The molecule has 0 spiro atoms. The molecule has 422 valence electrons. The zero-order valence-electron chi connectivity index (χ0n) is 48.2. The lowest BCUT2D eigenvalue weighted by Crippen LogP contribution is -2.45. The molecule has 0 saturated carbocycles. The third-order valence-electron chi connectivity index (χ3n) is 14.6. The van der Waals surface area contributed by atoms with E-state index in [-0.39, 0.29) is 18.5 Å². The summed E-state index contributed by atoms with van der Waals surface area (Å²) in [6.45, 7) is 4.87. The highest BCUT2D eigenvalue weighted by Crippen LogP contribution is 2.17. The first-order chi connectivity index (χ1) is 35.5. The molecule has 0 aromatic rings. The van der Waals surface area contributed by atoms with E-state index in [1.165, 1.54) is 257 Å². The van der Waals surface area contributed by atoms with Gasteiger partial charge in [0.15, 0.2) is 0 Å². The summed E-state index contributed by atoms with van der Waals surface area (Å²) in [5, 5.41) is 23.0. The maximum Gasteiger partial charge on any atom is 0.305 e. The van der Waals surface area contributed by atoms with Crippen LogP contribution in [0.3, 0.4) is 0 Å². The first-order valence-corrected chi connectivity index (χ1v) is 31.9. The van der Waals surface area contributed by atoms with Crippen LogP contribution in [0, 0.1) is 0 Å². The maximum atomic E-state index is 12.4. The number of hydrogen-bond acceptors (Lipinski definition) is 5. The molecule has 0 aliphatic heterocycles. The van der Waals surface area contributed by atoms with Crippen molar-refractivity contribution in [3.05, 3.63) is 48.6 Å². The van der Waals surface area contributed by atoms with Gasteiger partial charge in [-0.25, -0.2) is 0 Å². The van der Waals surface area contributed by atoms with Gasteiger partial charge in [-0.15, -0.1) is 0 Å². The minimum atomic E-state index is -0.844. The number of hydrogen-bond donors (Lipinski definition) is 3. The van der Waals surface area contributed by atoms with Gasteiger partial charge in [0, 0.05) is 12.8 Å². The monoisotopic (exact) mass is 1010 g/mol. The molecule has 2 unspecified atom stereocenters. The van der Waals surface area contributed by atoms with E-state index >= 15 is 0 Å². The lowest BCUT2D eigenvalue weighted by Gasteiger charge is -2.20. The van der Waals surface area contributed by atoms with Crippen molar-refractivity contribution < 1.29 is 24.5 Å². The quantitative estimate of drug-likeness (QED) is 0.0320. The van der Waals surface area contributed by atoms with Crippen molar-refractivity contribution in [3.8, 4) is 0 Å². The highest BCUT2D eigenvalue weighted by Gasteiger charge is 2.18. The molecule has 0 aromatic heterocycles. The van der Waals surface area contributed by atoms with E-state index in [2.05, 4.69) is 55.6 Å². The number of ether oxygens (including phenoxy) is 1. The molecule has 72 heavy (non-hydrogen) atoms. The van der Waals surface area contributed by atoms with Crippen molar-refractivity contribution in [2.75, 3.05) is 13.2 Å². The molecule has 6 nitrogen and oxygen atoms in total. The fourth-order valence-electron chi connectivity index (χ4n) is 9.66. The number of allylic oxidation sites excluding steroid dienone is 7. The first kappa shape index (κ1) is 69.8. The number of unbranched alkanes of at least 4 members (excludes halogenated alkanes) is 42. The van der Waals surface area contributed by atoms with Crippen LogP contribution in [0.1, 0.15) is 335 Å². The van der Waals surface area contributed by atoms with Gasteiger partial charge >= 0.3 is 5.97 Å². The van der Waals surface area contributed by atoms with Gasteiger partial charge in [0.05, 0.1) is 25.4 Å². The topological polar surface area (TPSA) is 95.9 Å². The van der Waals surface area contributed by atoms with Gasteiger partial charge in [0.1, 0.15) is 0 Å². The molecule has 0 saturated heterocycles. The van der Waals surface area contributed by atoms with Crippen LogP contribution in [0.15, 0.2) is 48.6 Å². The summed E-state index contributed by atoms with van der Waals surface area (Å²) in [5.41, 5.74) is 0. The Hall–Kier alpha value is -2.18. The third kappa shape index (κ3) is 57.1. The Morgan fingerprint density at radius 3 is 1.10 bits per heavy atom. The molecule has 0 bridgehead atoms. The number of amides is 1. The smallest absolute Gasteiger partial charge is 0.305 e. The molecule has 2 atom stereocenters. The zero-order chi connectivity index (χ0) is 52.2. The summed E-state index contributed by atoms with van der Waals surface area (Å²) in [7, 11) is 0. The van der Waals surface area contributed by atoms with E-state index in [0.717, 1.165) is 51.4 Å². The number of rotatable bonds is 59. The van der Waals surface area contributed by atoms with Crippen LogP contribution in [0.4, 0.5) is 0 Å². The Bertz CT molecular complexity index is 1210. The summed E-state index contributed by atoms with van der Waals surface area (Å²) in [5.74, 6) is -0.0633. The molecular weight excluding hydrogens is 887 g/mol. The van der Waals surface area contributed by atoms with Gasteiger partial charge in [0.2, 0.25) is 5.91 Å². The predicted octanol–water partition coefficient (Wildman–Crippen LogP) is 20.1. The minimum Gasteiger partial charge on any atom is -0.466 e. The van der Waals surface area contributed by atoms with E-state index in [4.69, 9.17) is 4.74 Å². The molecule has 0 rings (SSSR count). The first-order valence-electron chi connectivity index (χ1n) is 31.9. The van der Waals surface area contributed by atoms with Gasteiger partial charge in [-0.3, -0.25) is 9.59 Å². The summed E-state index contributed by atoms with van der Waals surface area (Å²) in [4.78, 5) is 24.5. The summed E-state index contributed by atoms with van der Waals surface area (Å²) in [6, 6.07) is -0.628. The van der Waals surface area contributed by atoms with Crippen LogP contribution in [-0.2, 0) is 14.3 Å². The van der Waals surface area contributed by atoms with Crippen LogP contribution in [0.25, 0.3) is 0 Å². The van der Waals surface area contributed by atoms with E-state index in [0.29, 0.717) is 19.4 Å². The van der Waals surface area contributed by atoms with Gasteiger partial charge in [-0.05, 0) is 89.9 Å². The van der Waals surface area contributed by atoms with Gasteiger partial charge in [0.25, 0.3) is 0 Å². The van der Waals surface area contributed by atoms with Crippen molar-refractivity contribution in [1.29, 1.82) is 0 Å². The maximum absolute atomic E-state index is 12.4. The van der Waals surface area contributed by atoms with Crippen molar-refractivity contribution in [3.63, 3.8) is 0 Å². The fourth-order valence-corrected chi connectivity index (χ4v) is 9.66. The average molecular weight is 1010 g/mol. The predicted molar refractivity (Wildman–Crippen MR) is 315 cm³/mol. The Kier molecular flexibility index (Phi) is 59.5. The van der Waals surface area contributed by atoms with Crippen molar-refractivity contribution in [1.82, 2.24) is 5.32 Å². The Labute approximate surface area is 448 Å². The largest absolute Gasteiger partial charge is 0.466 e. The molecule has 0 fully saturated rings. The van der Waals surface area contributed by atoms with Crippen LogP contribution in [0.2, 0.25) is 0 Å². The van der Waals surface area contributed by atoms with Crippen LogP contribution >= 0.6 is 0 Å². The highest BCUT2D eigenvalue weighted by molar-refractivity contribution is 5.76. The lowest BCUT2D eigenvalue weighted by molar-refractivity contribution is -0.143. The molecule has 3 N–H and O–H groups in total. The molecule has 0 aliphatic carbocycles. The summed E-state index contributed by atoms with van der Waals surface area (Å²) in [6.07, 6.45) is 78.8. The number of nitrogens with one attached hydrogen (secondary N) is 1. The van der Waals surface area contributed by atoms with Crippen molar-refractivity contribution in [2.24, 2.45) is 0 Å². The average Bonchev–Trinajstić information content (AvgIpc) is 3.38. The van der Waals surface area contributed by atoms with E-state index in [1.807, 2.05) is 6.08 Å². The lowest BCUT2D eigenvalue weighted by atomic mass is 10.0. The normalized spacial score (nSPS) is 12.9. The van der Waals surface area contributed by atoms with E-state index in [1.54, 1.807) is 6.08 Å². The van der Waals surface area contributed by atoms with Crippen LogP contribution in [0.5, 0.6) is 0 Å². The molecule has 6 heteroatoms. The number of esters is 1. The number of aliphatic hydroxyl groups excluding tert-OH is 2. The highest BCUT2D eigenvalue weighted by atomic mass is 16.5. The fraction of sp³-hybridized carbons (Fsp3) is 0.848. The molecule has 1 amide bonds. The van der Waals surface area contributed by atoms with E-state index in [9.17, 15) is 19.8 Å². The Morgan fingerprint density at radius 1 is 0.389 bits per heavy atom. The Morgan fingerprint density at radius 2 is 0.694 bits per heavy atom. The van der Waals surface area contributed by atoms with E-state index < -0.39 is 12.1 Å². The molecule has 0 heterocycles. The number of carbonyl (C=O) groups excluding carboxylic acids is 2. The van der Waals surface area contributed by atoms with Crippen molar-refractivity contribution >= 4 is 11.9 Å². The third-order valence-corrected chi connectivity index (χ3v) is 14.6. The van der Waals surface area contributed by atoms with Crippen LogP contribution < -0.4 is 5.32 Å². The van der Waals surface area contributed by atoms with Gasteiger partial charge < -0.3 is 20.3 Å². The minimum absolute atomic E-state index is 0.00663. The van der Waals surface area contributed by atoms with Gasteiger partial charge in [-0.2, -0.15) is 0 Å². The molecule has 0 radical (unpaired) electrons. The van der Waals surface area contributed by atoms with Gasteiger partial charge in [-0.1, -0.05) is 281 Å². The SMILES string of the molecule is CCCCC/C=C\C/C=C\CCCCCCCCCC(=O)OCCCCCCCCCCCCCC/C=C\CCCCCCCCCCCCCC(=O)NC(CO)C(O)/C=C/CCCCCCCCCCC. The summed E-state index contributed by atoms with van der Waals surface area (Å²) >= 11 is 0. The zero-order valence-corrected chi connectivity index (χ0v) is 48.2. The standard InChI is InChI=1S/C66H123NO5/c1-3-5-7-9-11-13-15-16-17-29-33-36-40-44-48-52-56-60-66(71)72-61-57-53-49-45-41-37-34-31-28-26-24-22-20-18-19-21-23-25-27-30-32-35-39-43-47-51-55-59-65(70)67-63(62-68)64(69)58-54-50-46-42-38-14-12-10-8-6-4-2/h11,13,16-19,54,58,63-64,68-69H,3-10,12,14-15,20-53,55-57,59-62H2,1-2H3,(H,67,70)/b13-11-,17-16-,19-18-,58-54+. The van der Waals surface area contributed by atoms with Crippen LogP contribution in [-0.4, -0.2) is 47.4 Å². The van der Waals surface area contributed by atoms with Crippen molar-refractivity contribution in [2.45, 2.75) is 347 Å². The molecule has 0 aliphatic rings. The second kappa shape index (κ2) is 61.4. The molecule has 0 aromatic carbocycles. The second-order valence-corrected chi connectivity index (χ2v) is 21.7.